The summed E-state index contributed by atoms with van der Waals surface area (Å²) < 4.78 is 5.57. The van der Waals surface area contributed by atoms with Crippen molar-refractivity contribution in [2.24, 2.45) is 0 Å². The molecule has 0 unspecified atom stereocenters. The Balaban J connectivity index is 2.04. The predicted octanol–water partition coefficient (Wildman–Crippen LogP) is 5.23. The van der Waals surface area contributed by atoms with Crippen LogP contribution in [-0.4, -0.2) is 22.7 Å². The molecule has 0 bridgehead atoms. The minimum Gasteiger partial charge on any atom is -0.505 e. The average molecular weight is 353 g/mol. The first-order valence-electron chi connectivity index (χ1n) is 8.23. The van der Waals surface area contributed by atoms with E-state index in [1.807, 2.05) is 49.4 Å². The number of pyridine rings is 1. The second-order valence-electron chi connectivity index (χ2n) is 5.79. The van der Waals surface area contributed by atoms with Crippen LogP contribution in [0, 0.1) is 4.64 Å². The topological polar surface area (TPSA) is 62.3 Å². The number of fused-ring (bicyclic) bond motifs is 1. The van der Waals surface area contributed by atoms with Gasteiger partial charge in [0.1, 0.15) is 4.64 Å². The number of H-pyrrole nitrogens is 1. The first-order chi connectivity index (χ1) is 12.1. The largest absolute Gasteiger partial charge is 0.505 e. The number of carbonyl (C=O) groups excluding carboxylic acids is 1. The van der Waals surface area contributed by atoms with Crippen molar-refractivity contribution in [2.45, 2.75) is 19.8 Å². The summed E-state index contributed by atoms with van der Waals surface area (Å²) >= 11 is 5.39. The second-order valence-corrected chi connectivity index (χ2v) is 6.20. The molecule has 128 valence electrons. The van der Waals surface area contributed by atoms with Crippen molar-refractivity contribution in [1.82, 2.24) is 4.98 Å². The number of hydrogen-bond donors (Lipinski definition) is 2. The molecule has 0 spiro atoms. The number of unbranched alkanes of at least 4 members (excludes halogenated alkanes) is 1. The summed E-state index contributed by atoms with van der Waals surface area (Å²) in [6, 6.07) is 15.5. The van der Waals surface area contributed by atoms with E-state index >= 15 is 0 Å². The molecule has 0 atom stereocenters. The SMILES string of the molecule is CCCCOC(=O)c1[nH]c(=S)c2cc(-c3ccccc3)ccc2c1O. The summed E-state index contributed by atoms with van der Waals surface area (Å²) in [7, 11) is 0. The van der Waals surface area contributed by atoms with Crippen LogP contribution in [0.2, 0.25) is 0 Å². The average Bonchev–Trinajstić information content (AvgIpc) is 2.65. The molecule has 1 aromatic heterocycles. The lowest BCUT2D eigenvalue weighted by atomic mass is 10.0. The van der Waals surface area contributed by atoms with E-state index in [4.69, 9.17) is 17.0 Å². The van der Waals surface area contributed by atoms with E-state index in [1.54, 1.807) is 6.07 Å². The van der Waals surface area contributed by atoms with Crippen LogP contribution in [-0.2, 0) is 4.74 Å². The summed E-state index contributed by atoms with van der Waals surface area (Å²) in [6.45, 7) is 2.33. The molecule has 4 nitrogen and oxygen atoms in total. The minimum atomic E-state index is -0.592. The maximum atomic E-state index is 12.2. The van der Waals surface area contributed by atoms with Crippen molar-refractivity contribution in [2.75, 3.05) is 6.61 Å². The Hall–Kier alpha value is -2.66. The van der Waals surface area contributed by atoms with E-state index in [9.17, 15) is 9.90 Å². The zero-order valence-corrected chi connectivity index (χ0v) is 14.7. The van der Waals surface area contributed by atoms with Crippen LogP contribution in [0.15, 0.2) is 48.5 Å². The molecule has 3 aromatic rings. The molecule has 2 aromatic carbocycles. The van der Waals surface area contributed by atoms with E-state index in [1.165, 1.54) is 0 Å². The predicted molar refractivity (Wildman–Crippen MR) is 101 cm³/mol. The van der Waals surface area contributed by atoms with Gasteiger partial charge in [-0.25, -0.2) is 4.79 Å². The number of benzene rings is 2. The van der Waals surface area contributed by atoms with Crippen molar-refractivity contribution in [3.8, 4) is 16.9 Å². The van der Waals surface area contributed by atoms with E-state index in [0.29, 0.717) is 22.0 Å². The molecule has 5 heteroatoms. The fourth-order valence-electron chi connectivity index (χ4n) is 2.65. The van der Waals surface area contributed by atoms with Crippen LogP contribution >= 0.6 is 12.2 Å². The highest BCUT2D eigenvalue weighted by atomic mass is 32.1. The monoisotopic (exact) mass is 353 g/mol. The molecule has 0 saturated heterocycles. The van der Waals surface area contributed by atoms with Crippen LogP contribution in [0.4, 0.5) is 0 Å². The number of esters is 1. The van der Waals surface area contributed by atoms with Gasteiger partial charge in [-0.3, -0.25) is 0 Å². The van der Waals surface area contributed by atoms with Gasteiger partial charge >= 0.3 is 5.97 Å². The third kappa shape index (κ3) is 3.56. The van der Waals surface area contributed by atoms with Crippen LogP contribution in [0.5, 0.6) is 5.75 Å². The molecule has 1 heterocycles. The Morgan fingerprint density at radius 1 is 1.12 bits per heavy atom. The standard InChI is InChI=1S/C20H19NO3S/c1-2-3-11-24-20(23)17-18(22)15-10-9-14(12-16(15)19(25)21-17)13-7-5-4-6-8-13/h4-10,12,22H,2-3,11H2,1H3,(H,21,25). The molecule has 0 saturated carbocycles. The van der Waals surface area contributed by atoms with Crippen molar-refractivity contribution < 1.29 is 14.6 Å². The quantitative estimate of drug-likeness (QED) is 0.375. The maximum Gasteiger partial charge on any atom is 0.358 e. The van der Waals surface area contributed by atoms with E-state index in [0.717, 1.165) is 24.0 Å². The van der Waals surface area contributed by atoms with Crippen LogP contribution in [0.3, 0.4) is 0 Å². The number of aromatic amines is 1. The number of aromatic nitrogens is 1. The molecular weight excluding hydrogens is 334 g/mol. The van der Waals surface area contributed by atoms with Crippen LogP contribution in [0.25, 0.3) is 21.9 Å². The summed E-state index contributed by atoms with van der Waals surface area (Å²) in [5, 5.41) is 11.7. The van der Waals surface area contributed by atoms with E-state index < -0.39 is 5.97 Å². The van der Waals surface area contributed by atoms with Gasteiger partial charge in [0.05, 0.1) is 6.61 Å². The van der Waals surface area contributed by atoms with Crippen molar-refractivity contribution in [3.05, 3.63) is 58.9 Å². The molecule has 3 rings (SSSR count). The highest BCUT2D eigenvalue weighted by Crippen LogP contribution is 2.32. The third-order valence-electron chi connectivity index (χ3n) is 4.04. The Labute approximate surface area is 151 Å². The molecular formula is C20H19NO3S. The van der Waals surface area contributed by atoms with E-state index in [-0.39, 0.29) is 11.4 Å². The Morgan fingerprint density at radius 3 is 2.60 bits per heavy atom. The summed E-state index contributed by atoms with van der Waals surface area (Å²) in [4.78, 5) is 15.0. The maximum absolute atomic E-state index is 12.2. The Bertz CT molecular complexity index is 964. The van der Waals surface area contributed by atoms with Gasteiger partial charge in [0.2, 0.25) is 0 Å². The molecule has 25 heavy (non-hydrogen) atoms. The number of rotatable bonds is 5. The number of nitrogens with one attached hydrogen (secondary N) is 1. The summed E-state index contributed by atoms with van der Waals surface area (Å²) in [6.07, 6.45) is 1.70. The van der Waals surface area contributed by atoms with Crippen molar-refractivity contribution >= 4 is 29.0 Å². The van der Waals surface area contributed by atoms with Gasteiger partial charge in [-0.05, 0) is 29.7 Å². The number of carbonyl (C=O) groups is 1. The number of hydrogen-bond acceptors (Lipinski definition) is 4. The van der Waals surface area contributed by atoms with Gasteiger partial charge in [-0.15, -0.1) is 0 Å². The summed E-state index contributed by atoms with van der Waals surface area (Å²) in [5.74, 6) is -0.726. The molecule has 0 aliphatic heterocycles. The fraction of sp³-hybridized carbons (Fsp3) is 0.200. The summed E-state index contributed by atoms with van der Waals surface area (Å²) in [5.41, 5.74) is 2.05. The van der Waals surface area contributed by atoms with Gasteiger partial charge in [0.25, 0.3) is 0 Å². The third-order valence-corrected chi connectivity index (χ3v) is 4.36. The fourth-order valence-corrected chi connectivity index (χ4v) is 2.92. The normalized spacial score (nSPS) is 10.8. The van der Waals surface area contributed by atoms with Gasteiger partial charge in [0, 0.05) is 10.8 Å². The van der Waals surface area contributed by atoms with Crippen LogP contribution in [0.1, 0.15) is 30.3 Å². The van der Waals surface area contributed by atoms with Crippen molar-refractivity contribution in [3.63, 3.8) is 0 Å². The molecule has 0 fully saturated rings. The molecule has 0 amide bonds. The highest BCUT2D eigenvalue weighted by Gasteiger charge is 2.17. The molecule has 2 N–H and O–H groups in total. The van der Waals surface area contributed by atoms with E-state index in [2.05, 4.69) is 4.98 Å². The van der Waals surface area contributed by atoms with Gasteiger partial charge in [0.15, 0.2) is 11.4 Å². The lowest BCUT2D eigenvalue weighted by molar-refractivity contribution is 0.0489. The zero-order chi connectivity index (χ0) is 17.8. The Kier molecular flexibility index (Phi) is 5.14. The zero-order valence-electron chi connectivity index (χ0n) is 13.9. The first kappa shape index (κ1) is 17.2. The minimum absolute atomic E-state index is 0.000985. The second kappa shape index (κ2) is 7.49. The molecule has 0 aliphatic carbocycles. The first-order valence-corrected chi connectivity index (χ1v) is 8.64. The number of ether oxygens (including phenoxy) is 1. The molecule has 0 aliphatic rings. The Morgan fingerprint density at radius 2 is 1.88 bits per heavy atom. The van der Waals surface area contributed by atoms with Gasteiger partial charge in [-0.2, -0.15) is 0 Å². The van der Waals surface area contributed by atoms with Gasteiger partial charge < -0.3 is 14.8 Å². The van der Waals surface area contributed by atoms with Crippen molar-refractivity contribution in [1.29, 1.82) is 0 Å². The lowest BCUT2D eigenvalue weighted by Crippen LogP contribution is -2.09. The molecule has 0 radical (unpaired) electrons. The van der Waals surface area contributed by atoms with Gasteiger partial charge in [-0.1, -0.05) is 62.0 Å². The smallest absolute Gasteiger partial charge is 0.358 e. The lowest BCUT2D eigenvalue weighted by Gasteiger charge is -2.10. The van der Waals surface area contributed by atoms with Crippen LogP contribution < -0.4 is 0 Å². The number of aromatic hydroxyl groups is 1. The highest BCUT2D eigenvalue weighted by molar-refractivity contribution is 7.71.